The Morgan fingerprint density at radius 3 is 2.67 bits per heavy atom. The lowest BCUT2D eigenvalue weighted by Gasteiger charge is -1.98. The van der Waals surface area contributed by atoms with Gasteiger partial charge in [0.15, 0.2) is 0 Å². The number of aromatic nitrogens is 2. The normalized spacial score (nSPS) is 10.7. The van der Waals surface area contributed by atoms with E-state index < -0.39 is 0 Å². The lowest BCUT2D eigenvalue weighted by molar-refractivity contribution is 1.10. The molecule has 3 aromatic rings. The summed E-state index contributed by atoms with van der Waals surface area (Å²) in [5.41, 5.74) is 3.21. The Kier molecular flexibility index (Phi) is 3.21. The molecule has 0 aliphatic heterocycles. The fraction of sp³-hybridized carbons (Fsp3) is 0.0714. The van der Waals surface area contributed by atoms with Crippen LogP contribution in [-0.4, -0.2) is 16.5 Å². The first-order chi connectivity index (χ1) is 8.86. The van der Waals surface area contributed by atoms with Gasteiger partial charge in [-0.3, -0.25) is 5.10 Å². The topological polar surface area (TPSA) is 28.7 Å². The first-order valence-corrected chi connectivity index (χ1v) is 7.71. The van der Waals surface area contributed by atoms with Gasteiger partial charge in [-0.25, -0.2) is 0 Å². The SMILES string of the molecule is CSc1ccc(-c2cc(-c3cccs3)[nH]n2)cc1. The zero-order chi connectivity index (χ0) is 12.4. The van der Waals surface area contributed by atoms with E-state index in [2.05, 4.69) is 58.2 Å². The molecule has 2 aromatic heterocycles. The van der Waals surface area contributed by atoms with Gasteiger partial charge < -0.3 is 0 Å². The quantitative estimate of drug-likeness (QED) is 0.710. The first kappa shape index (κ1) is 11.6. The smallest absolute Gasteiger partial charge is 0.0927 e. The minimum absolute atomic E-state index is 0.992. The molecule has 90 valence electrons. The summed E-state index contributed by atoms with van der Waals surface area (Å²) in [5, 5.41) is 9.54. The molecule has 1 N–H and O–H groups in total. The summed E-state index contributed by atoms with van der Waals surface area (Å²) in [6.07, 6.45) is 2.08. The molecular formula is C14H12N2S2. The molecule has 0 saturated carbocycles. The number of nitrogens with zero attached hydrogens (tertiary/aromatic N) is 1. The van der Waals surface area contributed by atoms with Crippen LogP contribution in [0.4, 0.5) is 0 Å². The maximum absolute atomic E-state index is 4.37. The molecule has 0 saturated heterocycles. The van der Waals surface area contributed by atoms with Gasteiger partial charge in [0.25, 0.3) is 0 Å². The highest BCUT2D eigenvalue weighted by Crippen LogP contribution is 2.27. The van der Waals surface area contributed by atoms with Gasteiger partial charge in [0.2, 0.25) is 0 Å². The molecule has 0 spiro atoms. The molecule has 0 unspecified atom stereocenters. The molecular weight excluding hydrogens is 260 g/mol. The molecule has 0 radical (unpaired) electrons. The van der Waals surface area contributed by atoms with Gasteiger partial charge in [0, 0.05) is 10.5 Å². The molecule has 0 atom stereocenters. The number of hydrogen-bond donors (Lipinski definition) is 1. The summed E-state index contributed by atoms with van der Waals surface area (Å²) in [6.45, 7) is 0. The minimum atomic E-state index is 0.992. The number of thioether (sulfide) groups is 1. The second kappa shape index (κ2) is 5.00. The fourth-order valence-corrected chi connectivity index (χ4v) is 2.89. The van der Waals surface area contributed by atoms with E-state index in [1.165, 1.54) is 9.77 Å². The highest BCUT2D eigenvalue weighted by Gasteiger charge is 2.06. The lowest BCUT2D eigenvalue weighted by Crippen LogP contribution is -1.77. The Labute approximate surface area is 114 Å². The molecule has 0 fully saturated rings. The first-order valence-electron chi connectivity index (χ1n) is 5.60. The third-order valence-corrected chi connectivity index (χ3v) is 4.40. The molecule has 2 nitrogen and oxygen atoms in total. The average Bonchev–Trinajstić information content (AvgIpc) is 3.09. The second-order valence-corrected chi connectivity index (χ2v) is 5.70. The summed E-state index contributed by atoms with van der Waals surface area (Å²) in [6, 6.07) is 14.7. The van der Waals surface area contributed by atoms with Crippen molar-refractivity contribution in [3.8, 4) is 21.8 Å². The van der Waals surface area contributed by atoms with Crippen molar-refractivity contribution in [2.24, 2.45) is 0 Å². The molecule has 18 heavy (non-hydrogen) atoms. The number of H-pyrrole nitrogens is 1. The lowest BCUT2D eigenvalue weighted by atomic mass is 10.1. The molecule has 0 aliphatic carbocycles. The number of hydrogen-bond acceptors (Lipinski definition) is 3. The van der Waals surface area contributed by atoms with Crippen LogP contribution in [0.1, 0.15) is 0 Å². The van der Waals surface area contributed by atoms with Crippen molar-refractivity contribution in [3.05, 3.63) is 47.8 Å². The van der Waals surface area contributed by atoms with Crippen LogP contribution in [0.5, 0.6) is 0 Å². The van der Waals surface area contributed by atoms with Crippen LogP contribution >= 0.6 is 23.1 Å². The van der Waals surface area contributed by atoms with Crippen molar-refractivity contribution in [1.29, 1.82) is 0 Å². The summed E-state index contributed by atoms with van der Waals surface area (Å²) < 4.78 is 0. The van der Waals surface area contributed by atoms with Crippen LogP contribution in [0.25, 0.3) is 21.8 Å². The predicted molar refractivity (Wildman–Crippen MR) is 79.1 cm³/mol. The van der Waals surface area contributed by atoms with Crippen molar-refractivity contribution in [2.75, 3.05) is 6.26 Å². The summed E-state index contributed by atoms with van der Waals surface area (Å²) in [5.74, 6) is 0. The van der Waals surface area contributed by atoms with Crippen molar-refractivity contribution in [3.63, 3.8) is 0 Å². The largest absolute Gasteiger partial charge is 0.276 e. The van der Waals surface area contributed by atoms with Gasteiger partial charge >= 0.3 is 0 Å². The standard InChI is InChI=1S/C14H12N2S2/c1-17-11-6-4-10(5-7-11)12-9-13(16-15-12)14-3-2-8-18-14/h2-9H,1H3,(H,15,16). The third kappa shape index (κ3) is 2.21. The molecule has 2 heterocycles. The molecule has 3 rings (SSSR count). The van der Waals surface area contributed by atoms with E-state index in [1.807, 2.05) is 6.07 Å². The number of nitrogens with one attached hydrogen (secondary N) is 1. The van der Waals surface area contributed by atoms with Crippen LogP contribution in [0.3, 0.4) is 0 Å². The number of rotatable bonds is 3. The van der Waals surface area contributed by atoms with E-state index >= 15 is 0 Å². The van der Waals surface area contributed by atoms with Gasteiger partial charge in [-0.05, 0) is 35.9 Å². The maximum atomic E-state index is 4.37. The summed E-state index contributed by atoms with van der Waals surface area (Å²) in [4.78, 5) is 2.49. The predicted octanol–water partition coefficient (Wildman–Crippen LogP) is 4.53. The van der Waals surface area contributed by atoms with Gasteiger partial charge in [-0.1, -0.05) is 18.2 Å². The van der Waals surface area contributed by atoms with Gasteiger partial charge in [0.1, 0.15) is 0 Å². The van der Waals surface area contributed by atoms with Crippen LogP contribution in [0, 0.1) is 0 Å². The highest BCUT2D eigenvalue weighted by molar-refractivity contribution is 7.98. The van der Waals surface area contributed by atoms with Gasteiger partial charge in [0.05, 0.1) is 16.3 Å². The number of benzene rings is 1. The Hall–Kier alpha value is -1.52. The second-order valence-electron chi connectivity index (χ2n) is 3.87. The van der Waals surface area contributed by atoms with Crippen LogP contribution in [-0.2, 0) is 0 Å². The average molecular weight is 272 g/mol. The van der Waals surface area contributed by atoms with Crippen LogP contribution in [0.2, 0.25) is 0 Å². The van der Waals surface area contributed by atoms with E-state index in [9.17, 15) is 0 Å². The zero-order valence-electron chi connectivity index (χ0n) is 9.88. The Morgan fingerprint density at radius 2 is 2.00 bits per heavy atom. The van der Waals surface area contributed by atoms with Crippen LogP contribution in [0.15, 0.2) is 52.7 Å². The van der Waals surface area contributed by atoms with Crippen molar-refractivity contribution >= 4 is 23.1 Å². The Morgan fingerprint density at radius 1 is 1.17 bits per heavy atom. The van der Waals surface area contributed by atoms with Crippen molar-refractivity contribution < 1.29 is 0 Å². The van der Waals surface area contributed by atoms with E-state index in [4.69, 9.17) is 0 Å². The fourth-order valence-electron chi connectivity index (χ4n) is 1.79. The van der Waals surface area contributed by atoms with Crippen LogP contribution < -0.4 is 0 Å². The Bertz CT molecular complexity index is 624. The molecule has 0 amide bonds. The molecule has 0 aliphatic rings. The van der Waals surface area contributed by atoms with Crippen molar-refractivity contribution in [2.45, 2.75) is 4.90 Å². The van der Waals surface area contributed by atoms with E-state index in [0.717, 1.165) is 17.0 Å². The van der Waals surface area contributed by atoms with Crippen molar-refractivity contribution in [1.82, 2.24) is 10.2 Å². The minimum Gasteiger partial charge on any atom is -0.276 e. The number of aromatic amines is 1. The Balaban J connectivity index is 1.92. The van der Waals surface area contributed by atoms with Gasteiger partial charge in [-0.15, -0.1) is 23.1 Å². The maximum Gasteiger partial charge on any atom is 0.0927 e. The van der Waals surface area contributed by atoms with E-state index in [0.29, 0.717) is 0 Å². The number of thiophene rings is 1. The molecule has 0 bridgehead atoms. The summed E-state index contributed by atoms with van der Waals surface area (Å²) >= 11 is 3.47. The third-order valence-electron chi connectivity index (χ3n) is 2.75. The van der Waals surface area contributed by atoms with E-state index in [1.54, 1.807) is 23.1 Å². The zero-order valence-corrected chi connectivity index (χ0v) is 11.5. The summed E-state index contributed by atoms with van der Waals surface area (Å²) in [7, 11) is 0. The van der Waals surface area contributed by atoms with Gasteiger partial charge in [-0.2, -0.15) is 5.10 Å². The highest BCUT2D eigenvalue weighted by atomic mass is 32.2. The van der Waals surface area contributed by atoms with E-state index in [-0.39, 0.29) is 0 Å². The molecule has 4 heteroatoms. The monoisotopic (exact) mass is 272 g/mol. The molecule has 1 aromatic carbocycles.